The van der Waals surface area contributed by atoms with Gasteiger partial charge in [-0.15, -0.1) is 0 Å². The predicted molar refractivity (Wildman–Crippen MR) is 130 cm³/mol. The molecule has 180 valence electrons. The van der Waals surface area contributed by atoms with Crippen LogP contribution in [-0.2, 0) is 18.9 Å². The Labute approximate surface area is 211 Å². The second-order valence-corrected chi connectivity index (χ2v) is 8.80. The van der Waals surface area contributed by atoms with Gasteiger partial charge < -0.3 is 18.9 Å². The Balaban J connectivity index is 1.63. The summed E-state index contributed by atoms with van der Waals surface area (Å²) in [6, 6.07) is 25.2. The number of esters is 3. The average molecular weight is 539 g/mol. The van der Waals surface area contributed by atoms with Crippen LogP contribution in [0, 0.1) is 0 Å². The smallest absolute Gasteiger partial charge is 0.338 e. The minimum absolute atomic E-state index is 0.305. The van der Waals surface area contributed by atoms with Crippen LogP contribution in [0.2, 0.25) is 0 Å². The van der Waals surface area contributed by atoms with Crippen molar-refractivity contribution in [3.05, 3.63) is 108 Å². The molecule has 4 rings (SSSR count). The number of carbonyl (C=O) groups excluding carboxylic acids is 3. The SMILES string of the molecule is CC1OC(Br)[C@H](OC(=O)c2ccccc2)[C@@H](OC(=O)c2ccccc2)[C@@H]1OC(=O)c1ccccc1. The topological polar surface area (TPSA) is 88.1 Å². The zero-order valence-electron chi connectivity index (χ0n) is 18.8. The van der Waals surface area contributed by atoms with Crippen molar-refractivity contribution in [2.45, 2.75) is 36.4 Å². The number of carbonyl (C=O) groups is 3. The average Bonchev–Trinajstić information content (AvgIpc) is 2.89. The van der Waals surface area contributed by atoms with Crippen molar-refractivity contribution >= 4 is 33.8 Å². The van der Waals surface area contributed by atoms with Gasteiger partial charge in [0.25, 0.3) is 0 Å². The third kappa shape index (κ3) is 5.96. The number of halogens is 1. The van der Waals surface area contributed by atoms with Crippen LogP contribution < -0.4 is 0 Å². The first-order valence-corrected chi connectivity index (χ1v) is 11.9. The van der Waals surface area contributed by atoms with E-state index >= 15 is 0 Å². The Morgan fingerprint density at radius 1 is 0.600 bits per heavy atom. The third-order valence-electron chi connectivity index (χ3n) is 5.47. The van der Waals surface area contributed by atoms with Crippen LogP contribution >= 0.6 is 15.9 Å². The summed E-state index contributed by atoms with van der Waals surface area (Å²) in [6.45, 7) is 1.69. The molecule has 1 heterocycles. The van der Waals surface area contributed by atoms with Crippen LogP contribution in [-0.4, -0.2) is 47.3 Å². The molecule has 0 saturated carbocycles. The number of rotatable bonds is 6. The molecule has 35 heavy (non-hydrogen) atoms. The zero-order valence-corrected chi connectivity index (χ0v) is 20.4. The van der Waals surface area contributed by atoms with Gasteiger partial charge in [0.1, 0.15) is 0 Å². The normalized spacial score (nSPS) is 23.7. The number of hydrogen-bond acceptors (Lipinski definition) is 7. The molecule has 0 radical (unpaired) electrons. The Hall–Kier alpha value is -3.49. The fraction of sp³-hybridized carbons (Fsp3) is 0.222. The molecule has 3 aromatic rings. The van der Waals surface area contributed by atoms with Crippen molar-refractivity contribution in [1.29, 1.82) is 0 Å². The number of alkyl halides is 1. The van der Waals surface area contributed by atoms with Crippen molar-refractivity contribution in [1.82, 2.24) is 0 Å². The van der Waals surface area contributed by atoms with E-state index in [4.69, 9.17) is 18.9 Å². The lowest BCUT2D eigenvalue weighted by molar-refractivity contribution is -0.193. The molecule has 0 amide bonds. The van der Waals surface area contributed by atoms with Crippen molar-refractivity contribution in [3.8, 4) is 0 Å². The minimum Gasteiger partial charge on any atom is -0.452 e. The highest BCUT2D eigenvalue weighted by Gasteiger charge is 2.50. The lowest BCUT2D eigenvalue weighted by Crippen LogP contribution is -2.59. The van der Waals surface area contributed by atoms with Crippen LogP contribution in [0.25, 0.3) is 0 Å². The standard InChI is InChI=1S/C27H23BrO7/c1-17-21(33-25(29)18-11-5-2-6-12-18)22(34-26(30)19-13-7-3-8-14-19)23(24(28)32-17)35-27(31)20-15-9-4-10-16-20/h2-17,21-24H,1H3/t17?,21-,22+,23-,24?/m1/s1. The molecular formula is C27H23BrO7. The molecular weight excluding hydrogens is 516 g/mol. The molecule has 0 aliphatic carbocycles. The van der Waals surface area contributed by atoms with Gasteiger partial charge in [-0.3, -0.25) is 0 Å². The fourth-order valence-electron chi connectivity index (χ4n) is 3.68. The van der Waals surface area contributed by atoms with Gasteiger partial charge in [-0.1, -0.05) is 70.5 Å². The molecule has 0 aromatic heterocycles. The lowest BCUT2D eigenvalue weighted by Gasteiger charge is -2.42. The molecule has 7 nitrogen and oxygen atoms in total. The highest BCUT2D eigenvalue weighted by molar-refractivity contribution is 9.09. The quantitative estimate of drug-likeness (QED) is 0.253. The molecule has 1 aliphatic rings. The number of hydrogen-bond donors (Lipinski definition) is 0. The highest BCUT2D eigenvalue weighted by atomic mass is 79.9. The van der Waals surface area contributed by atoms with Crippen molar-refractivity contribution in [2.75, 3.05) is 0 Å². The van der Waals surface area contributed by atoms with Gasteiger partial charge in [0, 0.05) is 0 Å². The molecule has 5 atom stereocenters. The summed E-state index contributed by atoms with van der Waals surface area (Å²) >= 11 is 3.39. The summed E-state index contributed by atoms with van der Waals surface area (Å²) in [4.78, 5) is 38.7. The third-order valence-corrected chi connectivity index (χ3v) is 6.21. The molecule has 0 spiro atoms. The van der Waals surface area contributed by atoms with Gasteiger partial charge in [0.05, 0.1) is 22.8 Å². The van der Waals surface area contributed by atoms with Crippen molar-refractivity contribution in [2.24, 2.45) is 0 Å². The van der Waals surface area contributed by atoms with Crippen LogP contribution in [0.15, 0.2) is 91.0 Å². The Kier molecular flexibility index (Phi) is 7.94. The predicted octanol–water partition coefficient (Wildman–Crippen LogP) is 4.80. The maximum Gasteiger partial charge on any atom is 0.338 e. The molecule has 1 aliphatic heterocycles. The first-order valence-electron chi connectivity index (χ1n) is 11.0. The Bertz CT molecular complexity index is 1090. The van der Waals surface area contributed by atoms with Crippen LogP contribution in [0.1, 0.15) is 38.0 Å². The Morgan fingerprint density at radius 3 is 1.34 bits per heavy atom. The Morgan fingerprint density at radius 2 is 0.943 bits per heavy atom. The molecule has 0 bridgehead atoms. The second-order valence-electron chi connectivity index (χ2n) is 7.90. The zero-order chi connectivity index (χ0) is 24.8. The van der Waals surface area contributed by atoms with Crippen LogP contribution in [0.3, 0.4) is 0 Å². The molecule has 2 unspecified atom stereocenters. The van der Waals surface area contributed by atoms with Gasteiger partial charge in [-0.25, -0.2) is 14.4 Å². The highest BCUT2D eigenvalue weighted by Crippen LogP contribution is 2.32. The molecule has 8 heteroatoms. The maximum absolute atomic E-state index is 13.0. The summed E-state index contributed by atoms with van der Waals surface area (Å²) in [7, 11) is 0. The first kappa shape index (κ1) is 24.6. The molecule has 3 aromatic carbocycles. The van der Waals surface area contributed by atoms with E-state index in [0.717, 1.165) is 0 Å². The van der Waals surface area contributed by atoms with Gasteiger partial charge in [0.15, 0.2) is 23.3 Å². The summed E-state index contributed by atoms with van der Waals surface area (Å²) in [6.07, 6.45) is -3.96. The minimum atomic E-state index is -1.14. The van der Waals surface area contributed by atoms with E-state index in [9.17, 15) is 14.4 Å². The monoisotopic (exact) mass is 538 g/mol. The van der Waals surface area contributed by atoms with Gasteiger partial charge in [-0.05, 0) is 43.3 Å². The summed E-state index contributed by atoms with van der Waals surface area (Å²) < 4.78 is 23.2. The van der Waals surface area contributed by atoms with E-state index in [1.54, 1.807) is 97.9 Å². The van der Waals surface area contributed by atoms with Gasteiger partial charge >= 0.3 is 17.9 Å². The van der Waals surface area contributed by atoms with Crippen molar-refractivity contribution < 1.29 is 33.3 Å². The molecule has 1 saturated heterocycles. The number of benzene rings is 3. The van der Waals surface area contributed by atoms with Gasteiger partial charge in [0.2, 0.25) is 0 Å². The van der Waals surface area contributed by atoms with E-state index in [2.05, 4.69) is 15.9 Å². The second kappa shape index (κ2) is 11.3. The van der Waals surface area contributed by atoms with Crippen LogP contribution in [0.4, 0.5) is 0 Å². The van der Waals surface area contributed by atoms with E-state index in [-0.39, 0.29) is 0 Å². The lowest BCUT2D eigenvalue weighted by atomic mass is 9.99. The van der Waals surface area contributed by atoms with E-state index in [1.807, 2.05) is 0 Å². The summed E-state index contributed by atoms with van der Waals surface area (Å²) in [5.74, 6) is -1.90. The molecule has 0 N–H and O–H groups in total. The van der Waals surface area contributed by atoms with E-state index in [0.29, 0.717) is 16.7 Å². The first-order chi connectivity index (χ1) is 16.9. The van der Waals surface area contributed by atoms with Crippen molar-refractivity contribution in [3.63, 3.8) is 0 Å². The van der Waals surface area contributed by atoms with E-state index < -0.39 is 47.3 Å². The van der Waals surface area contributed by atoms with Gasteiger partial charge in [-0.2, -0.15) is 0 Å². The summed E-state index contributed by atoms with van der Waals surface area (Å²) in [5.41, 5.74) is 0.947. The summed E-state index contributed by atoms with van der Waals surface area (Å²) in [5, 5.41) is -0.814. The maximum atomic E-state index is 13.0. The largest absolute Gasteiger partial charge is 0.452 e. The molecule has 1 fully saturated rings. The number of ether oxygens (including phenoxy) is 4. The fourth-order valence-corrected chi connectivity index (χ4v) is 4.43. The van der Waals surface area contributed by atoms with E-state index in [1.165, 1.54) is 0 Å². The van der Waals surface area contributed by atoms with Crippen LogP contribution in [0.5, 0.6) is 0 Å².